The number of carbonyl (C=O) groups excluding carboxylic acids is 1. The lowest BCUT2D eigenvalue weighted by molar-refractivity contribution is -0.113. The molecule has 2 heterocycles. The van der Waals surface area contributed by atoms with Crippen LogP contribution in [0.3, 0.4) is 0 Å². The van der Waals surface area contributed by atoms with E-state index in [1.54, 1.807) is 31.0 Å². The van der Waals surface area contributed by atoms with Crippen molar-refractivity contribution >= 4 is 50.6 Å². The monoisotopic (exact) mass is 551 g/mol. The van der Waals surface area contributed by atoms with E-state index in [9.17, 15) is 4.79 Å². The highest BCUT2D eigenvalue weighted by Gasteiger charge is 2.36. The number of methoxy groups -OCH3 is 1. The molecule has 2 N–H and O–H groups in total. The molecule has 4 rings (SSSR count). The number of allylic oxidation sites excluding steroid dienone is 2. The SMILES string of the molecule is [C-]#[N+]C1=C(SCc2ccccc2)NC(C)=C(C(=O)Nc2ccccc2OC)C1c1ccc(Br)s1. The van der Waals surface area contributed by atoms with Gasteiger partial charge in [0.2, 0.25) is 5.70 Å². The van der Waals surface area contributed by atoms with Crippen LogP contribution in [0.5, 0.6) is 5.75 Å². The van der Waals surface area contributed by atoms with Crippen LogP contribution in [0.15, 0.2) is 92.5 Å². The number of nitrogens with zero attached hydrogens (tertiary/aromatic N) is 1. The number of hydrogen-bond donors (Lipinski definition) is 2. The molecule has 172 valence electrons. The summed E-state index contributed by atoms with van der Waals surface area (Å²) in [5, 5.41) is 7.11. The fraction of sp³-hybridized carbons (Fsp3) is 0.154. The standard InChI is InChI=1S/C26H22BrN3O2S2/c1-16-22(25(31)30-18-11-7-8-12-19(18)32-3)23(20-13-14-21(27)34-20)24(28-2)26(29-16)33-15-17-9-5-4-6-10-17/h4-14,23,29H,15H2,1,3H3,(H,30,31). The van der Waals surface area contributed by atoms with E-state index in [0.717, 1.165) is 25.1 Å². The maximum atomic E-state index is 13.6. The van der Waals surface area contributed by atoms with Crippen LogP contribution in [0.25, 0.3) is 4.85 Å². The summed E-state index contributed by atoms with van der Waals surface area (Å²) in [6, 6.07) is 21.3. The van der Waals surface area contributed by atoms with Crippen molar-refractivity contribution in [3.63, 3.8) is 0 Å². The summed E-state index contributed by atoms with van der Waals surface area (Å²) in [6.45, 7) is 9.90. The molecule has 0 aliphatic carbocycles. The number of benzene rings is 2. The Morgan fingerprint density at radius 2 is 1.91 bits per heavy atom. The minimum Gasteiger partial charge on any atom is -0.495 e. The van der Waals surface area contributed by atoms with Crippen molar-refractivity contribution in [2.75, 3.05) is 12.4 Å². The highest BCUT2D eigenvalue weighted by molar-refractivity contribution is 9.11. The molecule has 0 spiro atoms. The zero-order valence-corrected chi connectivity index (χ0v) is 21.8. The Bertz CT molecular complexity index is 1310. The number of carbonyl (C=O) groups is 1. The number of dihydropyridines is 1. The predicted molar refractivity (Wildman–Crippen MR) is 144 cm³/mol. The third kappa shape index (κ3) is 5.22. The Morgan fingerprint density at radius 1 is 1.18 bits per heavy atom. The van der Waals surface area contributed by atoms with Crippen LogP contribution in [0.2, 0.25) is 0 Å². The molecule has 1 atom stereocenters. The van der Waals surface area contributed by atoms with Gasteiger partial charge in [0.25, 0.3) is 5.91 Å². The second-order valence-corrected chi connectivity index (χ2v) is 11.0. The number of halogens is 1. The Balaban J connectivity index is 1.71. The maximum absolute atomic E-state index is 13.6. The molecule has 34 heavy (non-hydrogen) atoms. The lowest BCUT2D eigenvalue weighted by atomic mass is 9.89. The zero-order valence-electron chi connectivity index (χ0n) is 18.6. The van der Waals surface area contributed by atoms with Crippen LogP contribution in [0.1, 0.15) is 23.3 Å². The summed E-state index contributed by atoms with van der Waals surface area (Å²) >= 11 is 6.64. The molecule has 0 fully saturated rings. The molecular weight excluding hydrogens is 530 g/mol. The number of anilines is 1. The van der Waals surface area contributed by atoms with E-state index in [2.05, 4.69) is 43.5 Å². The van der Waals surface area contributed by atoms with Gasteiger partial charge in [0, 0.05) is 21.9 Å². The second kappa shape index (κ2) is 11.0. The second-order valence-electron chi connectivity index (χ2n) is 7.49. The molecule has 0 bridgehead atoms. The van der Waals surface area contributed by atoms with Gasteiger partial charge in [0.05, 0.1) is 34.1 Å². The average Bonchev–Trinajstić information content (AvgIpc) is 3.29. The summed E-state index contributed by atoms with van der Waals surface area (Å²) in [6.07, 6.45) is 0. The molecule has 0 radical (unpaired) electrons. The highest BCUT2D eigenvalue weighted by Crippen LogP contribution is 2.45. The van der Waals surface area contributed by atoms with Gasteiger partial charge in [-0.05, 0) is 52.7 Å². The third-order valence-electron chi connectivity index (χ3n) is 5.32. The Kier molecular flexibility index (Phi) is 7.78. The molecule has 1 unspecified atom stereocenters. The molecule has 3 aromatic rings. The van der Waals surface area contributed by atoms with Crippen molar-refractivity contribution in [1.29, 1.82) is 0 Å². The fourth-order valence-corrected chi connectivity index (χ4v) is 6.32. The summed E-state index contributed by atoms with van der Waals surface area (Å²) in [5.41, 5.74) is 3.52. The fourth-order valence-electron chi connectivity index (χ4n) is 3.74. The first-order valence-electron chi connectivity index (χ1n) is 10.5. The van der Waals surface area contributed by atoms with Gasteiger partial charge in [0.15, 0.2) is 0 Å². The molecule has 8 heteroatoms. The van der Waals surface area contributed by atoms with Gasteiger partial charge >= 0.3 is 0 Å². The molecule has 0 saturated heterocycles. The maximum Gasteiger partial charge on any atom is 0.253 e. The number of ether oxygens (including phenoxy) is 1. The van der Waals surface area contributed by atoms with Gasteiger partial charge in [-0.2, -0.15) is 0 Å². The number of nitrogens with one attached hydrogen (secondary N) is 2. The molecule has 1 aliphatic rings. The van der Waals surface area contributed by atoms with Crippen molar-refractivity contribution in [3.8, 4) is 5.75 Å². The van der Waals surface area contributed by atoms with Crippen LogP contribution < -0.4 is 15.4 Å². The largest absolute Gasteiger partial charge is 0.495 e. The summed E-state index contributed by atoms with van der Waals surface area (Å²) in [5.74, 6) is 0.563. The van der Waals surface area contributed by atoms with E-state index >= 15 is 0 Å². The van der Waals surface area contributed by atoms with Gasteiger partial charge in [-0.25, -0.2) is 4.85 Å². The van der Waals surface area contributed by atoms with E-state index in [0.29, 0.717) is 22.7 Å². The molecule has 1 aromatic heterocycles. The molecule has 5 nitrogen and oxygen atoms in total. The number of rotatable bonds is 7. The first-order valence-corrected chi connectivity index (χ1v) is 13.1. The molecule has 1 amide bonds. The predicted octanol–water partition coefficient (Wildman–Crippen LogP) is 7.14. The molecule has 0 saturated carbocycles. The number of thioether (sulfide) groups is 1. The van der Waals surface area contributed by atoms with E-state index < -0.39 is 5.92 Å². The summed E-state index contributed by atoms with van der Waals surface area (Å²) in [7, 11) is 1.57. The number of thiophene rings is 1. The number of amides is 1. The van der Waals surface area contributed by atoms with Crippen molar-refractivity contribution < 1.29 is 9.53 Å². The van der Waals surface area contributed by atoms with E-state index in [1.807, 2.05) is 49.4 Å². The normalized spacial score (nSPS) is 15.5. The van der Waals surface area contributed by atoms with Crippen LogP contribution in [-0.4, -0.2) is 13.0 Å². The lowest BCUT2D eigenvalue weighted by Crippen LogP contribution is -2.30. The highest BCUT2D eigenvalue weighted by atomic mass is 79.9. The van der Waals surface area contributed by atoms with Gasteiger partial charge in [-0.3, -0.25) is 4.79 Å². The number of hydrogen-bond acceptors (Lipinski definition) is 5. The zero-order chi connectivity index (χ0) is 24.1. The quantitative estimate of drug-likeness (QED) is 0.306. The minimum absolute atomic E-state index is 0.266. The minimum atomic E-state index is -0.469. The summed E-state index contributed by atoms with van der Waals surface area (Å²) < 4.78 is 6.35. The smallest absolute Gasteiger partial charge is 0.253 e. The number of para-hydroxylation sites is 2. The Hall–Kier alpha value is -2.99. The first kappa shape index (κ1) is 24.1. The lowest BCUT2D eigenvalue weighted by Gasteiger charge is -2.29. The Labute approximate surface area is 215 Å². The van der Waals surface area contributed by atoms with Crippen molar-refractivity contribution in [3.05, 3.63) is 114 Å². The topological polar surface area (TPSA) is 54.7 Å². The van der Waals surface area contributed by atoms with E-state index in [4.69, 9.17) is 11.3 Å². The van der Waals surface area contributed by atoms with Crippen molar-refractivity contribution in [2.45, 2.75) is 18.6 Å². The van der Waals surface area contributed by atoms with E-state index in [1.165, 1.54) is 16.9 Å². The van der Waals surface area contributed by atoms with Gasteiger partial charge in [-0.1, -0.05) is 42.5 Å². The summed E-state index contributed by atoms with van der Waals surface area (Å²) in [4.78, 5) is 18.4. The first-order chi connectivity index (χ1) is 16.5. The Morgan fingerprint density at radius 3 is 2.59 bits per heavy atom. The molecular formula is C26H22BrN3O2S2. The van der Waals surface area contributed by atoms with Gasteiger partial charge in [0.1, 0.15) is 5.75 Å². The van der Waals surface area contributed by atoms with E-state index in [-0.39, 0.29) is 5.91 Å². The van der Waals surface area contributed by atoms with Crippen molar-refractivity contribution in [1.82, 2.24) is 5.32 Å². The van der Waals surface area contributed by atoms with Crippen LogP contribution >= 0.6 is 39.0 Å². The van der Waals surface area contributed by atoms with Crippen LogP contribution in [-0.2, 0) is 10.5 Å². The van der Waals surface area contributed by atoms with Gasteiger partial charge in [-0.15, -0.1) is 23.1 Å². The van der Waals surface area contributed by atoms with Gasteiger partial charge < -0.3 is 15.4 Å². The van der Waals surface area contributed by atoms with Crippen molar-refractivity contribution in [2.24, 2.45) is 0 Å². The molecule has 2 aromatic carbocycles. The molecule has 1 aliphatic heterocycles. The van der Waals surface area contributed by atoms with Crippen LogP contribution in [0.4, 0.5) is 5.69 Å². The van der Waals surface area contributed by atoms with Crippen LogP contribution in [0, 0.1) is 6.57 Å². The average molecular weight is 553 g/mol. The third-order valence-corrected chi connectivity index (χ3v) is 8.09.